The molecule has 0 aromatic heterocycles. The number of aliphatic hydroxyl groups is 2. The third kappa shape index (κ3) is 2.84. The highest BCUT2D eigenvalue weighted by Gasteiger charge is 2.66. The Morgan fingerprint density at radius 2 is 1.41 bits per heavy atom. The van der Waals surface area contributed by atoms with E-state index in [0.29, 0.717) is 34.7 Å². The maximum absolute atomic E-state index is 10.9. The van der Waals surface area contributed by atoms with Gasteiger partial charge in [0, 0.05) is 6.61 Å². The number of hydrogen-bond acceptors (Lipinski definition) is 2. The molecule has 9 atom stereocenters. The average molecular weight is 443 g/mol. The van der Waals surface area contributed by atoms with Crippen molar-refractivity contribution in [3.8, 4) is 0 Å². The lowest BCUT2D eigenvalue weighted by atomic mass is 9.34. The molecule has 4 fully saturated rings. The molecular formula is C30H50O2. The maximum Gasteiger partial charge on any atom is 0.0594 e. The fourth-order valence-electron chi connectivity index (χ4n) is 10.9. The smallest absolute Gasteiger partial charge is 0.0594 e. The van der Waals surface area contributed by atoms with Crippen LogP contribution in [0.1, 0.15) is 113 Å². The van der Waals surface area contributed by atoms with Gasteiger partial charge in [-0.3, -0.25) is 0 Å². The van der Waals surface area contributed by atoms with Crippen LogP contribution in [0.15, 0.2) is 11.6 Å². The summed E-state index contributed by atoms with van der Waals surface area (Å²) in [5.41, 5.74) is 3.24. The molecule has 2 nitrogen and oxygen atoms in total. The lowest BCUT2D eigenvalue weighted by molar-refractivity contribution is -0.184. The first kappa shape index (κ1) is 23.4. The summed E-state index contributed by atoms with van der Waals surface area (Å²) in [5, 5.41) is 21.1. The Morgan fingerprint density at radius 1 is 0.781 bits per heavy atom. The normalized spacial score (nSPS) is 56.8. The fraction of sp³-hybridized carbons (Fsp3) is 0.933. The topological polar surface area (TPSA) is 40.5 Å². The van der Waals surface area contributed by atoms with Crippen LogP contribution >= 0.6 is 0 Å². The largest absolute Gasteiger partial charge is 0.396 e. The number of hydrogen-bond donors (Lipinski definition) is 2. The summed E-state index contributed by atoms with van der Waals surface area (Å²) >= 11 is 0. The third-order valence-corrected chi connectivity index (χ3v) is 13.0. The lowest BCUT2D eigenvalue weighted by Gasteiger charge is -2.70. The van der Waals surface area contributed by atoms with E-state index in [1.54, 1.807) is 5.57 Å². The first-order valence-corrected chi connectivity index (χ1v) is 13.8. The molecule has 0 amide bonds. The van der Waals surface area contributed by atoms with Crippen molar-refractivity contribution < 1.29 is 10.2 Å². The monoisotopic (exact) mass is 442 g/mol. The predicted octanol–water partition coefficient (Wildman–Crippen LogP) is 7.14. The summed E-state index contributed by atoms with van der Waals surface area (Å²) < 4.78 is 0. The highest BCUT2D eigenvalue weighted by molar-refractivity contribution is 5.34. The lowest BCUT2D eigenvalue weighted by Crippen LogP contribution is -2.63. The van der Waals surface area contributed by atoms with Crippen LogP contribution in [0.25, 0.3) is 0 Å². The standard InChI is InChI=1S/C30H50O2/c1-25(2)20-9-13-29(6)21-8-12-27(4)17-16-26(3,19-31)18-23(27)30(21,7)14-10-22(29)28(20,5)15-11-24(25)32/h8,20,22-24,31-32H,9-19H2,1-7H3. The Morgan fingerprint density at radius 3 is 2.06 bits per heavy atom. The van der Waals surface area contributed by atoms with Gasteiger partial charge < -0.3 is 10.2 Å². The van der Waals surface area contributed by atoms with Gasteiger partial charge in [-0.05, 0) is 114 Å². The minimum atomic E-state index is -0.146. The second-order valence-corrected chi connectivity index (χ2v) is 15.1. The van der Waals surface area contributed by atoms with E-state index in [9.17, 15) is 10.2 Å². The van der Waals surface area contributed by atoms with Crippen LogP contribution in [0.5, 0.6) is 0 Å². The van der Waals surface area contributed by atoms with Crippen molar-refractivity contribution in [1.29, 1.82) is 0 Å². The summed E-state index contributed by atoms with van der Waals surface area (Å²) in [4.78, 5) is 0. The van der Waals surface area contributed by atoms with Crippen molar-refractivity contribution in [3.05, 3.63) is 11.6 Å². The number of allylic oxidation sites excluding steroid dienone is 2. The molecule has 0 saturated heterocycles. The zero-order chi connectivity index (χ0) is 23.4. The highest BCUT2D eigenvalue weighted by atomic mass is 16.3. The van der Waals surface area contributed by atoms with E-state index in [2.05, 4.69) is 54.5 Å². The second-order valence-electron chi connectivity index (χ2n) is 15.1. The van der Waals surface area contributed by atoms with Crippen molar-refractivity contribution in [3.63, 3.8) is 0 Å². The Bertz CT molecular complexity index is 814. The van der Waals surface area contributed by atoms with Crippen molar-refractivity contribution in [2.75, 3.05) is 6.61 Å². The van der Waals surface area contributed by atoms with Gasteiger partial charge in [0.05, 0.1) is 6.10 Å². The predicted molar refractivity (Wildman–Crippen MR) is 132 cm³/mol. The minimum Gasteiger partial charge on any atom is -0.396 e. The van der Waals surface area contributed by atoms with E-state index in [1.165, 1.54) is 57.8 Å². The Labute approximate surface area is 197 Å². The van der Waals surface area contributed by atoms with Crippen molar-refractivity contribution >= 4 is 0 Å². The maximum atomic E-state index is 10.9. The zero-order valence-electron chi connectivity index (χ0n) is 22.1. The van der Waals surface area contributed by atoms with Gasteiger partial charge in [-0.25, -0.2) is 0 Å². The molecule has 9 unspecified atom stereocenters. The van der Waals surface area contributed by atoms with Crippen LogP contribution < -0.4 is 0 Å². The number of aliphatic hydroxyl groups excluding tert-OH is 2. The molecule has 0 aromatic rings. The molecule has 5 aliphatic carbocycles. The number of fused-ring (bicyclic) bond motifs is 7. The first-order chi connectivity index (χ1) is 14.8. The van der Waals surface area contributed by atoms with Gasteiger partial charge in [-0.15, -0.1) is 0 Å². The van der Waals surface area contributed by atoms with Crippen molar-refractivity contribution in [2.45, 2.75) is 119 Å². The van der Waals surface area contributed by atoms with Crippen LogP contribution in [0.2, 0.25) is 0 Å². The van der Waals surface area contributed by atoms with Gasteiger partial charge in [0.25, 0.3) is 0 Å². The molecule has 4 saturated carbocycles. The summed E-state index contributed by atoms with van der Waals surface area (Å²) in [7, 11) is 0. The van der Waals surface area contributed by atoms with Gasteiger partial charge in [-0.1, -0.05) is 60.1 Å². The number of rotatable bonds is 1. The molecular weight excluding hydrogens is 392 g/mol. The zero-order valence-corrected chi connectivity index (χ0v) is 22.1. The molecule has 182 valence electrons. The van der Waals surface area contributed by atoms with Crippen LogP contribution in [0.4, 0.5) is 0 Å². The van der Waals surface area contributed by atoms with E-state index >= 15 is 0 Å². The van der Waals surface area contributed by atoms with Gasteiger partial charge >= 0.3 is 0 Å². The second kappa shape index (κ2) is 6.87. The molecule has 0 radical (unpaired) electrons. The van der Waals surface area contributed by atoms with Crippen molar-refractivity contribution in [2.24, 2.45) is 50.2 Å². The van der Waals surface area contributed by atoms with Crippen LogP contribution in [-0.4, -0.2) is 22.9 Å². The molecule has 0 heterocycles. The molecule has 32 heavy (non-hydrogen) atoms. The Hall–Kier alpha value is -0.340. The van der Waals surface area contributed by atoms with Gasteiger partial charge in [-0.2, -0.15) is 0 Å². The summed E-state index contributed by atoms with van der Waals surface area (Å²) in [6.07, 6.45) is 14.8. The third-order valence-electron chi connectivity index (χ3n) is 13.0. The first-order valence-electron chi connectivity index (χ1n) is 13.8. The Kier molecular flexibility index (Phi) is 5.02. The van der Waals surface area contributed by atoms with Gasteiger partial charge in [0.15, 0.2) is 0 Å². The fourth-order valence-corrected chi connectivity index (χ4v) is 10.9. The van der Waals surface area contributed by atoms with E-state index in [4.69, 9.17) is 0 Å². The van der Waals surface area contributed by atoms with E-state index in [0.717, 1.165) is 12.3 Å². The summed E-state index contributed by atoms with van der Waals surface area (Å²) in [5.74, 6) is 2.05. The van der Waals surface area contributed by atoms with E-state index in [1.807, 2.05) is 0 Å². The highest BCUT2D eigenvalue weighted by Crippen LogP contribution is 2.74. The van der Waals surface area contributed by atoms with E-state index < -0.39 is 0 Å². The van der Waals surface area contributed by atoms with Gasteiger partial charge in [0.2, 0.25) is 0 Å². The Balaban J connectivity index is 1.55. The molecule has 0 aliphatic heterocycles. The summed E-state index contributed by atoms with van der Waals surface area (Å²) in [6, 6.07) is 0. The molecule has 2 N–H and O–H groups in total. The molecule has 0 aromatic carbocycles. The van der Waals surface area contributed by atoms with Gasteiger partial charge in [0.1, 0.15) is 0 Å². The van der Waals surface area contributed by atoms with Crippen LogP contribution in [0.3, 0.4) is 0 Å². The summed E-state index contributed by atoms with van der Waals surface area (Å²) in [6.45, 7) is 17.8. The molecule has 0 spiro atoms. The molecule has 2 heteroatoms. The SMILES string of the molecule is CC1(CO)CCC2(C)CC=C3C(C)(CCC4C3(C)CCC3C(C)(C)C(O)CCC43C)C2C1. The van der Waals surface area contributed by atoms with E-state index in [-0.39, 0.29) is 22.3 Å². The average Bonchev–Trinajstić information content (AvgIpc) is 2.72. The van der Waals surface area contributed by atoms with Crippen LogP contribution in [-0.2, 0) is 0 Å². The molecule has 5 aliphatic rings. The van der Waals surface area contributed by atoms with Crippen LogP contribution in [0, 0.1) is 50.2 Å². The minimum absolute atomic E-state index is 0.0287. The van der Waals surface area contributed by atoms with Crippen molar-refractivity contribution in [1.82, 2.24) is 0 Å². The molecule has 5 rings (SSSR count). The quantitative estimate of drug-likeness (QED) is 0.424. The molecule has 0 bridgehead atoms.